The van der Waals surface area contributed by atoms with Gasteiger partial charge in [0.2, 0.25) is 0 Å². The van der Waals surface area contributed by atoms with Crippen LogP contribution in [-0.2, 0) is 4.84 Å². The van der Waals surface area contributed by atoms with Gasteiger partial charge in [-0.05, 0) is 37.6 Å². The van der Waals surface area contributed by atoms with Crippen molar-refractivity contribution >= 4 is 17.5 Å². The highest BCUT2D eigenvalue weighted by molar-refractivity contribution is 6.31. The summed E-state index contributed by atoms with van der Waals surface area (Å²) in [6.45, 7) is 4.11. The summed E-state index contributed by atoms with van der Waals surface area (Å²) in [7, 11) is 0. The third kappa shape index (κ3) is 3.01. The van der Waals surface area contributed by atoms with Gasteiger partial charge in [-0.3, -0.25) is 9.63 Å². The lowest BCUT2D eigenvalue weighted by molar-refractivity contribution is 0.0364. The van der Waals surface area contributed by atoms with Crippen LogP contribution in [0.3, 0.4) is 0 Å². The fourth-order valence-corrected chi connectivity index (χ4v) is 1.35. The number of hydrogen-bond donors (Lipinski definition) is 1. The van der Waals surface area contributed by atoms with Crippen LogP contribution in [0.4, 0.5) is 0 Å². The molecule has 0 heterocycles. The molecule has 0 aliphatic carbocycles. The highest BCUT2D eigenvalue weighted by Gasteiger charge is 2.06. The van der Waals surface area contributed by atoms with E-state index >= 15 is 0 Å². The van der Waals surface area contributed by atoms with E-state index < -0.39 is 0 Å². The maximum atomic E-state index is 11.4. The summed E-state index contributed by atoms with van der Waals surface area (Å²) in [5.41, 5.74) is 3.75. The van der Waals surface area contributed by atoms with Crippen LogP contribution >= 0.6 is 11.6 Å². The molecule has 1 N–H and O–H groups in total. The van der Waals surface area contributed by atoms with Crippen molar-refractivity contribution in [2.24, 2.45) is 0 Å². The van der Waals surface area contributed by atoms with E-state index in [0.717, 1.165) is 5.56 Å². The van der Waals surface area contributed by atoms with Gasteiger partial charge in [0, 0.05) is 10.6 Å². The van der Waals surface area contributed by atoms with Crippen LogP contribution in [0.1, 0.15) is 22.8 Å². The third-order valence-electron chi connectivity index (χ3n) is 1.61. The fourth-order valence-electron chi connectivity index (χ4n) is 1.06. The van der Waals surface area contributed by atoms with Crippen LogP contribution in [-0.4, -0.2) is 12.5 Å². The predicted molar refractivity (Wildman–Crippen MR) is 55.3 cm³/mol. The van der Waals surface area contributed by atoms with Gasteiger partial charge in [-0.1, -0.05) is 11.6 Å². The van der Waals surface area contributed by atoms with Gasteiger partial charge >= 0.3 is 0 Å². The summed E-state index contributed by atoms with van der Waals surface area (Å²) in [5.74, 6) is -0.280. The Labute approximate surface area is 88.0 Å². The van der Waals surface area contributed by atoms with E-state index in [9.17, 15) is 4.79 Å². The molecule has 3 nitrogen and oxygen atoms in total. The average Bonchev–Trinajstić information content (AvgIpc) is 2.12. The summed E-state index contributed by atoms with van der Waals surface area (Å²) in [6.07, 6.45) is 0. The maximum Gasteiger partial charge on any atom is 0.274 e. The number of carbonyl (C=O) groups excluding carboxylic acids is 1. The van der Waals surface area contributed by atoms with Crippen molar-refractivity contribution in [2.75, 3.05) is 6.61 Å². The van der Waals surface area contributed by atoms with E-state index in [-0.39, 0.29) is 5.91 Å². The van der Waals surface area contributed by atoms with Gasteiger partial charge in [-0.25, -0.2) is 5.48 Å². The molecule has 0 aromatic heterocycles. The van der Waals surface area contributed by atoms with Gasteiger partial charge in [-0.2, -0.15) is 0 Å². The van der Waals surface area contributed by atoms with Gasteiger partial charge in [0.15, 0.2) is 0 Å². The van der Waals surface area contributed by atoms with Gasteiger partial charge in [0.25, 0.3) is 5.91 Å². The Bertz CT molecular complexity index is 319. The van der Waals surface area contributed by atoms with E-state index in [1.165, 1.54) is 0 Å². The molecule has 0 aliphatic heterocycles. The number of benzene rings is 1. The molecular formula is C10H12ClNO2. The van der Waals surface area contributed by atoms with Crippen molar-refractivity contribution in [1.29, 1.82) is 0 Å². The highest BCUT2D eigenvalue weighted by Crippen LogP contribution is 2.14. The first-order chi connectivity index (χ1) is 6.63. The van der Waals surface area contributed by atoms with Crippen LogP contribution in [0.2, 0.25) is 5.02 Å². The van der Waals surface area contributed by atoms with Gasteiger partial charge in [-0.15, -0.1) is 0 Å². The quantitative estimate of drug-likeness (QED) is 0.783. The fraction of sp³-hybridized carbons (Fsp3) is 0.300. The molecule has 1 rings (SSSR count). The smallest absolute Gasteiger partial charge is 0.274 e. The Morgan fingerprint density at radius 1 is 1.50 bits per heavy atom. The van der Waals surface area contributed by atoms with Gasteiger partial charge in [0.1, 0.15) is 0 Å². The molecule has 0 saturated carbocycles. The van der Waals surface area contributed by atoms with Crippen LogP contribution in [0, 0.1) is 6.92 Å². The lowest BCUT2D eigenvalue weighted by atomic mass is 10.1. The second-order valence-electron chi connectivity index (χ2n) is 2.88. The summed E-state index contributed by atoms with van der Waals surface area (Å²) < 4.78 is 0. The second-order valence-corrected chi connectivity index (χ2v) is 3.32. The molecule has 0 fully saturated rings. The van der Waals surface area contributed by atoms with Crippen LogP contribution in [0.5, 0.6) is 0 Å². The number of rotatable bonds is 3. The van der Waals surface area contributed by atoms with Crippen molar-refractivity contribution in [3.8, 4) is 0 Å². The Morgan fingerprint density at radius 2 is 2.21 bits per heavy atom. The largest absolute Gasteiger partial charge is 0.274 e. The van der Waals surface area contributed by atoms with Crippen LogP contribution in [0.15, 0.2) is 18.2 Å². The van der Waals surface area contributed by atoms with E-state index in [1.807, 2.05) is 6.92 Å². The molecule has 0 unspecified atom stereocenters. The van der Waals surface area contributed by atoms with Crippen LogP contribution in [0.25, 0.3) is 0 Å². The van der Waals surface area contributed by atoms with Gasteiger partial charge in [0.05, 0.1) is 6.61 Å². The first-order valence-corrected chi connectivity index (χ1v) is 4.70. The molecule has 76 valence electrons. The molecule has 14 heavy (non-hydrogen) atoms. The topological polar surface area (TPSA) is 38.3 Å². The second kappa shape index (κ2) is 4.98. The molecule has 0 atom stereocenters. The number of nitrogens with one attached hydrogen (secondary N) is 1. The zero-order valence-corrected chi connectivity index (χ0v) is 8.89. The lowest BCUT2D eigenvalue weighted by Crippen LogP contribution is -2.23. The van der Waals surface area contributed by atoms with Crippen molar-refractivity contribution in [3.05, 3.63) is 34.3 Å². The summed E-state index contributed by atoms with van der Waals surface area (Å²) >= 11 is 5.81. The first-order valence-electron chi connectivity index (χ1n) is 4.33. The zero-order valence-electron chi connectivity index (χ0n) is 8.13. The normalized spacial score (nSPS) is 9.93. The summed E-state index contributed by atoms with van der Waals surface area (Å²) in [5, 5.41) is 0.548. The molecule has 4 heteroatoms. The average molecular weight is 214 g/mol. The minimum atomic E-state index is -0.280. The number of hydrogen-bond acceptors (Lipinski definition) is 2. The van der Waals surface area contributed by atoms with Crippen molar-refractivity contribution in [2.45, 2.75) is 13.8 Å². The minimum absolute atomic E-state index is 0.280. The van der Waals surface area contributed by atoms with Gasteiger partial charge < -0.3 is 0 Å². The van der Waals surface area contributed by atoms with Crippen LogP contribution < -0.4 is 5.48 Å². The Balaban J connectivity index is 2.79. The standard InChI is InChI=1S/C10H12ClNO2/c1-3-14-12-10(13)8-4-7(2)5-9(11)6-8/h4-6H,3H2,1-2H3,(H,12,13). The number of amides is 1. The monoisotopic (exact) mass is 213 g/mol. The number of hydroxylamine groups is 1. The SMILES string of the molecule is CCONC(=O)c1cc(C)cc(Cl)c1. The Hall–Kier alpha value is -1.06. The summed E-state index contributed by atoms with van der Waals surface area (Å²) in [4.78, 5) is 16.2. The minimum Gasteiger partial charge on any atom is -0.274 e. The Kier molecular flexibility index (Phi) is 3.92. The number of halogens is 1. The molecule has 0 aliphatic rings. The third-order valence-corrected chi connectivity index (χ3v) is 1.83. The summed E-state index contributed by atoms with van der Waals surface area (Å²) in [6, 6.07) is 5.14. The molecule has 0 radical (unpaired) electrons. The number of aryl methyl sites for hydroxylation is 1. The molecule has 0 bridgehead atoms. The van der Waals surface area contributed by atoms with Crippen molar-refractivity contribution < 1.29 is 9.63 Å². The molecule has 1 aromatic carbocycles. The molecule has 0 saturated heterocycles. The molecular weight excluding hydrogens is 202 g/mol. The Morgan fingerprint density at radius 3 is 2.79 bits per heavy atom. The molecule has 1 aromatic rings. The zero-order chi connectivity index (χ0) is 10.6. The molecule has 0 spiro atoms. The van der Waals surface area contributed by atoms with E-state index in [2.05, 4.69) is 5.48 Å². The number of carbonyl (C=O) groups is 1. The predicted octanol–water partition coefficient (Wildman–Crippen LogP) is 2.33. The first kappa shape index (κ1) is 11.0. The maximum absolute atomic E-state index is 11.4. The van der Waals surface area contributed by atoms with E-state index in [0.29, 0.717) is 17.2 Å². The molecule has 1 amide bonds. The lowest BCUT2D eigenvalue weighted by Gasteiger charge is -2.04. The van der Waals surface area contributed by atoms with Crippen molar-refractivity contribution in [3.63, 3.8) is 0 Å². The van der Waals surface area contributed by atoms with E-state index in [1.54, 1.807) is 25.1 Å². The highest BCUT2D eigenvalue weighted by atomic mass is 35.5. The van der Waals surface area contributed by atoms with E-state index in [4.69, 9.17) is 16.4 Å². The van der Waals surface area contributed by atoms with Crippen molar-refractivity contribution in [1.82, 2.24) is 5.48 Å².